The molecular weight excluding hydrogens is 535 g/mol. The van der Waals surface area contributed by atoms with Crippen molar-refractivity contribution in [1.82, 2.24) is 20.9 Å². The lowest BCUT2D eigenvalue weighted by Crippen LogP contribution is -2.60. The first-order chi connectivity index (χ1) is 18.4. The van der Waals surface area contributed by atoms with E-state index < -0.39 is 47.5 Å². The minimum atomic E-state index is -1.20. The lowest BCUT2D eigenvalue weighted by atomic mass is 9.91. The number of aliphatic hydroxyl groups is 1. The smallest absolute Gasteiger partial charge is 0.247 e. The van der Waals surface area contributed by atoms with Crippen LogP contribution in [0.2, 0.25) is 0 Å². The summed E-state index contributed by atoms with van der Waals surface area (Å²) in [5.74, 6) is -1.27. The molecule has 0 aromatic heterocycles. The average molecular weight is 579 g/mol. The monoisotopic (exact) mass is 578 g/mol. The molecule has 2 aromatic rings. The Labute approximate surface area is 242 Å². The van der Waals surface area contributed by atoms with Crippen LogP contribution in [0.15, 0.2) is 42.5 Å². The number of carbonyl (C=O) groups is 3. The van der Waals surface area contributed by atoms with Crippen molar-refractivity contribution in [2.75, 3.05) is 26.2 Å². The van der Waals surface area contributed by atoms with E-state index in [9.17, 15) is 23.9 Å². The molecule has 1 aliphatic heterocycles. The molecule has 8 nitrogen and oxygen atoms in total. The van der Waals surface area contributed by atoms with Crippen LogP contribution in [0.5, 0.6) is 0 Å². The van der Waals surface area contributed by atoms with Gasteiger partial charge in [0.05, 0.1) is 12.1 Å². The maximum Gasteiger partial charge on any atom is 0.247 e. The molecule has 3 amide bonds. The maximum absolute atomic E-state index is 14.0. The molecule has 1 saturated heterocycles. The van der Waals surface area contributed by atoms with E-state index >= 15 is 0 Å². The lowest BCUT2D eigenvalue weighted by molar-refractivity contribution is -0.157. The van der Waals surface area contributed by atoms with Gasteiger partial charge in [-0.2, -0.15) is 0 Å². The van der Waals surface area contributed by atoms with Gasteiger partial charge in [-0.1, -0.05) is 77.1 Å². The average Bonchev–Trinajstić information content (AvgIpc) is 3.32. The number of nitrogens with one attached hydrogen (secondary N) is 3. The number of amides is 3. The van der Waals surface area contributed by atoms with Crippen LogP contribution >= 0.6 is 12.4 Å². The molecule has 3 rings (SSSR count). The highest BCUT2D eigenvalue weighted by atomic mass is 35.5. The third-order valence-corrected chi connectivity index (χ3v) is 6.77. The Hall–Kier alpha value is -2.59. The molecule has 1 fully saturated rings. The number of aliphatic hydroxyl groups excluding tert-OH is 1. The minimum Gasteiger partial charge on any atom is -0.390 e. The number of carbonyl (C=O) groups excluding carboxylic acids is 3. The third kappa shape index (κ3) is 9.23. The number of rotatable bonds is 11. The fourth-order valence-corrected chi connectivity index (χ4v) is 4.64. The molecule has 0 aliphatic carbocycles. The molecule has 0 bridgehead atoms. The van der Waals surface area contributed by atoms with Crippen LogP contribution < -0.4 is 16.0 Å². The van der Waals surface area contributed by atoms with Crippen LogP contribution in [0.4, 0.5) is 4.39 Å². The second-order valence-corrected chi connectivity index (χ2v) is 11.9. The van der Waals surface area contributed by atoms with E-state index in [-0.39, 0.29) is 38.3 Å². The van der Waals surface area contributed by atoms with Gasteiger partial charge < -0.3 is 21.1 Å². The summed E-state index contributed by atoms with van der Waals surface area (Å²) in [5.41, 5.74) is -0.193. The van der Waals surface area contributed by atoms with E-state index in [1.165, 1.54) is 0 Å². The quantitative estimate of drug-likeness (QED) is 0.326. The third-order valence-electron chi connectivity index (χ3n) is 6.77. The van der Waals surface area contributed by atoms with Crippen LogP contribution in [0, 0.1) is 11.3 Å². The zero-order valence-electron chi connectivity index (χ0n) is 24.1. The molecule has 0 saturated carbocycles. The Morgan fingerprint density at radius 2 is 1.75 bits per heavy atom. The number of nitrogens with zero attached hydrogens (tertiary/aromatic N) is 1. The van der Waals surface area contributed by atoms with Gasteiger partial charge in [-0.3, -0.25) is 19.3 Å². The van der Waals surface area contributed by atoms with Gasteiger partial charge in [0.2, 0.25) is 17.7 Å². The highest BCUT2D eigenvalue weighted by Crippen LogP contribution is 2.25. The van der Waals surface area contributed by atoms with Crippen LogP contribution in [0.3, 0.4) is 0 Å². The van der Waals surface area contributed by atoms with Gasteiger partial charge in [0.15, 0.2) is 0 Å². The lowest BCUT2D eigenvalue weighted by Gasteiger charge is -2.35. The highest BCUT2D eigenvalue weighted by Gasteiger charge is 2.43. The van der Waals surface area contributed by atoms with Crippen LogP contribution in [0.25, 0.3) is 10.8 Å². The van der Waals surface area contributed by atoms with E-state index in [4.69, 9.17) is 0 Å². The summed E-state index contributed by atoms with van der Waals surface area (Å²) >= 11 is 0. The normalized spacial score (nSPS) is 18.7. The first-order valence-corrected chi connectivity index (χ1v) is 13.8. The van der Waals surface area contributed by atoms with Crippen molar-refractivity contribution in [3.05, 3.63) is 48.0 Å². The number of alkyl halides is 1. The van der Waals surface area contributed by atoms with Gasteiger partial charge in [-0.15, -0.1) is 12.4 Å². The number of halogens is 2. The van der Waals surface area contributed by atoms with Crippen molar-refractivity contribution >= 4 is 40.9 Å². The molecule has 0 spiro atoms. The van der Waals surface area contributed by atoms with Crippen molar-refractivity contribution in [3.8, 4) is 0 Å². The molecule has 4 N–H and O–H groups in total. The van der Waals surface area contributed by atoms with Crippen molar-refractivity contribution in [2.24, 2.45) is 11.3 Å². The van der Waals surface area contributed by atoms with Gasteiger partial charge in [0.25, 0.3) is 0 Å². The zero-order valence-corrected chi connectivity index (χ0v) is 24.9. The molecule has 1 aliphatic rings. The summed E-state index contributed by atoms with van der Waals surface area (Å²) in [5, 5.41) is 21.2. The van der Waals surface area contributed by atoms with Crippen LogP contribution in [-0.2, 0) is 20.8 Å². The predicted octanol–water partition coefficient (Wildman–Crippen LogP) is 3.00. The molecule has 10 heteroatoms. The topological polar surface area (TPSA) is 111 Å². The molecule has 222 valence electrons. The van der Waals surface area contributed by atoms with Gasteiger partial charge >= 0.3 is 0 Å². The number of fused-ring (bicyclic) bond motifs is 1. The van der Waals surface area contributed by atoms with Gasteiger partial charge in [0.1, 0.15) is 12.2 Å². The zero-order chi connectivity index (χ0) is 28.7. The van der Waals surface area contributed by atoms with Gasteiger partial charge in [-0.05, 0) is 28.8 Å². The van der Waals surface area contributed by atoms with Crippen molar-refractivity contribution in [2.45, 2.75) is 71.8 Å². The van der Waals surface area contributed by atoms with Crippen molar-refractivity contribution in [1.29, 1.82) is 0 Å². The van der Waals surface area contributed by atoms with E-state index in [0.717, 1.165) is 27.8 Å². The summed E-state index contributed by atoms with van der Waals surface area (Å²) in [6, 6.07) is 11.5. The number of hydrogen-bond acceptors (Lipinski definition) is 6. The highest BCUT2D eigenvalue weighted by molar-refractivity contribution is 6.04. The van der Waals surface area contributed by atoms with Crippen LogP contribution in [0.1, 0.15) is 46.6 Å². The van der Waals surface area contributed by atoms with E-state index in [0.29, 0.717) is 12.5 Å². The van der Waals surface area contributed by atoms with Gasteiger partial charge in [-0.25, -0.2) is 4.39 Å². The molecule has 2 aromatic carbocycles. The fraction of sp³-hybridized carbons (Fsp3) is 0.567. The van der Waals surface area contributed by atoms with E-state index in [2.05, 4.69) is 29.8 Å². The SMILES string of the molecule is CC(C)CNCC(O)CNC(=O)[C@@H](Cc1ccc2ccccc2c1)N(C(=O)[C@@H]1C[C@H](F)CN1)C(=O)C(C)(C)C.Cl. The molecule has 4 atom stereocenters. The fourth-order valence-electron chi connectivity index (χ4n) is 4.64. The Bertz CT molecular complexity index is 1160. The first kappa shape index (κ1) is 33.6. The summed E-state index contributed by atoms with van der Waals surface area (Å²) in [7, 11) is 0. The summed E-state index contributed by atoms with van der Waals surface area (Å²) in [6.07, 6.45) is -2.03. The summed E-state index contributed by atoms with van der Waals surface area (Å²) < 4.78 is 14.0. The van der Waals surface area contributed by atoms with Crippen molar-refractivity contribution < 1.29 is 23.9 Å². The maximum atomic E-state index is 14.0. The van der Waals surface area contributed by atoms with E-state index in [1.54, 1.807) is 20.8 Å². The van der Waals surface area contributed by atoms with E-state index in [1.807, 2.05) is 42.5 Å². The number of benzene rings is 2. The number of hydrogen-bond donors (Lipinski definition) is 4. The van der Waals surface area contributed by atoms with Gasteiger partial charge in [0, 0.05) is 37.9 Å². The molecule has 40 heavy (non-hydrogen) atoms. The Kier molecular flexibility index (Phi) is 12.5. The number of imide groups is 1. The minimum absolute atomic E-state index is 0. The Morgan fingerprint density at radius 3 is 2.35 bits per heavy atom. The summed E-state index contributed by atoms with van der Waals surface area (Å²) in [4.78, 5) is 42.1. The Balaban J connectivity index is 0.00000560. The second-order valence-electron chi connectivity index (χ2n) is 11.9. The molecule has 1 unspecified atom stereocenters. The first-order valence-electron chi connectivity index (χ1n) is 13.8. The van der Waals surface area contributed by atoms with Crippen molar-refractivity contribution in [3.63, 3.8) is 0 Å². The molecule has 1 heterocycles. The molecule has 0 radical (unpaired) electrons. The largest absolute Gasteiger partial charge is 0.390 e. The van der Waals surface area contributed by atoms with Crippen LogP contribution in [-0.4, -0.2) is 78.3 Å². The predicted molar refractivity (Wildman–Crippen MR) is 158 cm³/mol. The second kappa shape index (κ2) is 14.9. The summed E-state index contributed by atoms with van der Waals surface area (Å²) in [6.45, 7) is 10.2. The molecular formula is C30H44ClFN4O4. The standard InChI is InChI=1S/C30H43FN4O4.ClH/c1-19(2)15-32-17-24(36)18-34-27(37)26(13-20-10-11-21-8-6-7-9-22(21)12-20)35(29(39)30(3,4)5)28(38)25-14-23(31)16-33-25;/h6-12,19,23-26,32-33,36H,13-18H2,1-5H3,(H,34,37);1H/t23-,24?,25-,26+;/m0./s1. The Morgan fingerprint density at radius 1 is 1.07 bits per heavy atom.